The van der Waals surface area contributed by atoms with Crippen LogP contribution in [0.4, 0.5) is 0 Å². The third kappa shape index (κ3) is 2.64. The summed E-state index contributed by atoms with van der Waals surface area (Å²) < 4.78 is 0. The van der Waals surface area contributed by atoms with Crippen LogP contribution in [-0.2, 0) is 11.2 Å². The number of phenols is 1. The number of carbonyl (C=O) groups is 1. The minimum absolute atomic E-state index is 0.0314. The summed E-state index contributed by atoms with van der Waals surface area (Å²) in [4.78, 5) is 10.3. The summed E-state index contributed by atoms with van der Waals surface area (Å²) in [5, 5.41) is 18.4. The maximum Gasteiger partial charge on any atom is 0.303 e. The number of carboxylic acid groups (broad SMARTS) is 1. The van der Waals surface area contributed by atoms with Gasteiger partial charge in [-0.2, -0.15) is 0 Å². The van der Waals surface area contributed by atoms with Gasteiger partial charge < -0.3 is 10.2 Å². The van der Waals surface area contributed by atoms with Crippen LogP contribution in [0.5, 0.6) is 5.75 Å². The van der Waals surface area contributed by atoms with Crippen LogP contribution in [0.3, 0.4) is 0 Å². The average molecular weight is 215 g/mol. The number of rotatable bonds is 3. The first-order valence-electron chi connectivity index (χ1n) is 4.20. The van der Waals surface area contributed by atoms with Gasteiger partial charge in [-0.1, -0.05) is 11.6 Å². The Balaban J connectivity index is 2.91. The van der Waals surface area contributed by atoms with Gasteiger partial charge in [0.15, 0.2) is 0 Å². The Morgan fingerprint density at radius 3 is 2.64 bits per heavy atom. The fourth-order valence-corrected chi connectivity index (χ4v) is 1.60. The van der Waals surface area contributed by atoms with E-state index < -0.39 is 5.97 Å². The van der Waals surface area contributed by atoms with Crippen molar-refractivity contribution in [1.82, 2.24) is 0 Å². The molecule has 0 fully saturated rings. The van der Waals surface area contributed by atoms with Crippen molar-refractivity contribution in [2.24, 2.45) is 0 Å². The second-order valence-electron chi connectivity index (χ2n) is 3.14. The van der Waals surface area contributed by atoms with Gasteiger partial charge in [-0.05, 0) is 31.0 Å². The zero-order valence-electron chi connectivity index (χ0n) is 7.75. The van der Waals surface area contributed by atoms with Crippen molar-refractivity contribution in [2.75, 3.05) is 0 Å². The number of halogens is 1. The Morgan fingerprint density at radius 1 is 1.50 bits per heavy atom. The summed E-state index contributed by atoms with van der Waals surface area (Å²) in [5.74, 6) is -0.836. The van der Waals surface area contributed by atoms with Crippen molar-refractivity contribution in [1.29, 1.82) is 0 Å². The molecule has 0 spiro atoms. The molecule has 0 heterocycles. The first-order valence-corrected chi connectivity index (χ1v) is 4.58. The van der Waals surface area contributed by atoms with Crippen LogP contribution in [0.25, 0.3) is 0 Å². The molecule has 0 aliphatic rings. The van der Waals surface area contributed by atoms with Gasteiger partial charge in [0.1, 0.15) is 5.75 Å². The van der Waals surface area contributed by atoms with E-state index in [1.165, 1.54) is 0 Å². The summed E-state index contributed by atoms with van der Waals surface area (Å²) in [6.07, 6.45) is 0.219. The lowest BCUT2D eigenvalue weighted by Gasteiger charge is -2.06. The van der Waals surface area contributed by atoms with Crippen LogP contribution >= 0.6 is 11.6 Å². The van der Waals surface area contributed by atoms with Crippen LogP contribution in [0, 0.1) is 6.92 Å². The minimum atomic E-state index is -0.902. The first-order chi connectivity index (χ1) is 6.50. The largest absolute Gasteiger partial charge is 0.508 e. The summed E-state index contributed by atoms with van der Waals surface area (Å²) in [6.45, 7) is 1.81. The first kappa shape index (κ1) is 10.9. The second kappa shape index (κ2) is 4.33. The lowest BCUT2D eigenvalue weighted by atomic mass is 10.1. The monoisotopic (exact) mass is 214 g/mol. The summed E-state index contributed by atoms with van der Waals surface area (Å²) in [5.41, 5.74) is 1.35. The van der Waals surface area contributed by atoms with E-state index in [4.69, 9.17) is 16.7 Å². The molecule has 0 aliphatic carbocycles. The molecule has 0 unspecified atom stereocenters. The molecule has 0 saturated carbocycles. The highest BCUT2D eigenvalue weighted by Gasteiger charge is 2.09. The van der Waals surface area contributed by atoms with Crippen molar-refractivity contribution in [2.45, 2.75) is 19.8 Å². The zero-order valence-corrected chi connectivity index (χ0v) is 8.51. The van der Waals surface area contributed by atoms with E-state index in [0.29, 0.717) is 10.6 Å². The molecule has 4 heteroatoms. The molecule has 0 aromatic heterocycles. The average Bonchev–Trinajstić information content (AvgIpc) is 2.01. The third-order valence-electron chi connectivity index (χ3n) is 1.91. The molecule has 0 saturated heterocycles. The number of carboxylic acids is 1. The molecule has 1 aromatic carbocycles. The van der Waals surface area contributed by atoms with Crippen LogP contribution < -0.4 is 0 Å². The number of hydrogen-bond donors (Lipinski definition) is 2. The van der Waals surface area contributed by atoms with Crippen LogP contribution in [0.2, 0.25) is 5.02 Å². The molecule has 76 valence electrons. The van der Waals surface area contributed by atoms with Crippen molar-refractivity contribution in [3.8, 4) is 5.75 Å². The molecule has 1 aromatic rings. The molecule has 2 N–H and O–H groups in total. The molecular weight excluding hydrogens is 204 g/mol. The molecule has 0 atom stereocenters. The smallest absolute Gasteiger partial charge is 0.303 e. The van der Waals surface area contributed by atoms with E-state index in [9.17, 15) is 9.90 Å². The van der Waals surface area contributed by atoms with E-state index in [-0.39, 0.29) is 18.6 Å². The van der Waals surface area contributed by atoms with Crippen molar-refractivity contribution in [3.63, 3.8) is 0 Å². The van der Waals surface area contributed by atoms with Crippen LogP contribution in [0.15, 0.2) is 12.1 Å². The maximum absolute atomic E-state index is 10.3. The van der Waals surface area contributed by atoms with E-state index in [1.807, 2.05) is 6.92 Å². The van der Waals surface area contributed by atoms with Crippen molar-refractivity contribution in [3.05, 3.63) is 28.3 Å². The highest BCUT2D eigenvalue weighted by Crippen LogP contribution is 2.28. The minimum Gasteiger partial charge on any atom is -0.508 e. The molecular formula is C10H11ClO3. The summed E-state index contributed by atoms with van der Waals surface area (Å²) >= 11 is 5.87. The molecule has 0 aliphatic heterocycles. The van der Waals surface area contributed by atoms with Crippen LogP contribution in [-0.4, -0.2) is 16.2 Å². The second-order valence-corrected chi connectivity index (χ2v) is 3.55. The standard InChI is InChI=1S/C10H11ClO3/c1-6-4-8(11)7(9(12)5-6)2-3-10(13)14/h4-5,12H,2-3H2,1H3,(H,13,14). The SMILES string of the molecule is Cc1cc(O)c(CCC(=O)O)c(Cl)c1. The summed E-state index contributed by atoms with van der Waals surface area (Å²) in [6, 6.07) is 3.28. The van der Waals surface area contributed by atoms with E-state index in [1.54, 1.807) is 12.1 Å². The maximum atomic E-state index is 10.3. The highest BCUT2D eigenvalue weighted by atomic mass is 35.5. The van der Waals surface area contributed by atoms with Gasteiger partial charge in [0.2, 0.25) is 0 Å². The highest BCUT2D eigenvalue weighted by molar-refractivity contribution is 6.31. The molecule has 0 bridgehead atoms. The lowest BCUT2D eigenvalue weighted by molar-refractivity contribution is -0.136. The van der Waals surface area contributed by atoms with Gasteiger partial charge in [0, 0.05) is 17.0 Å². The number of phenolic OH excluding ortho intramolecular Hbond substituents is 1. The fourth-order valence-electron chi connectivity index (χ4n) is 1.23. The number of benzene rings is 1. The Labute approximate surface area is 86.9 Å². The Hall–Kier alpha value is -1.22. The van der Waals surface area contributed by atoms with Gasteiger partial charge in [-0.25, -0.2) is 0 Å². The molecule has 0 amide bonds. The van der Waals surface area contributed by atoms with E-state index >= 15 is 0 Å². The predicted octanol–water partition coefficient (Wildman–Crippen LogP) is 2.37. The Bertz CT molecular complexity index is 337. The normalized spacial score (nSPS) is 10.1. The van der Waals surface area contributed by atoms with E-state index in [0.717, 1.165) is 5.56 Å². The van der Waals surface area contributed by atoms with Gasteiger partial charge in [-0.15, -0.1) is 0 Å². The quantitative estimate of drug-likeness (QED) is 0.812. The van der Waals surface area contributed by atoms with Gasteiger partial charge in [-0.3, -0.25) is 4.79 Å². The van der Waals surface area contributed by atoms with E-state index in [2.05, 4.69) is 0 Å². The topological polar surface area (TPSA) is 57.5 Å². The predicted molar refractivity (Wildman–Crippen MR) is 53.8 cm³/mol. The molecule has 0 radical (unpaired) electrons. The van der Waals surface area contributed by atoms with Crippen LogP contribution in [0.1, 0.15) is 17.5 Å². The fraction of sp³-hybridized carbons (Fsp3) is 0.300. The van der Waals surface area contributed by atoms with Gasteiger partial charge in [0.25, 0.3) is 0 Å². The number of hydrogen-bond acceptors (Lipinski definition) is 2. The number of aliphatic carboxylic acids is 1. The molecule has 14 heavy (non-hydrogen) atoms. The molecule has 1 rings (SSSR count). The van der Waals surface area contributed by atoms with Gasteiger partial charge in [0.05, 0.1) is 0 Å². The molecule has 3 nitrogen and oxygen atoms in total. The lowest BCUT2D eigenvalue weighted by Crippen LogP contribution is -1.98. The third-order valence-corrected chi connectivity index (χ3v) is 2.24. The zero-order chi connectivity index (χ0) is 10.7. The number of aromatic hydroxyl groups is 1. The summed E-state index contributed by atoms with van der Waals surface area (Å²) in [7, 11) is 0. The number of aryl methyl sites for hydroxylation is 1. The van der Waals surface area contributed by atoms with Gasteiger partial charge >= 0.3 is 5.97 Å². The Morgan fingerprint density at radius 2 is 2.14 bits per heavy atom. The van der Waals surface area contributed by atoms with Crippen molar-refractivity contribution < 1.29 is 15.0 Å². The Kier molecular flexibility index (Phi) is 3.36. The van der Waals surface area contributed by atoms with Crippen molar-refractivity contribution >= 4 is 17.6 Å².